The van der Waals surface area contributed by atoms with E-state index in [9.17, 15) is 14.4 Å². The van der Waals surface area contributed by atoms with Crippen LogP contribution in [0.5, 0.6) is 0 Å². The predicted octanol–water partition coefficient (Wildman–Crippen LogP) is -0.279. The summed E-state index contributed by atoms with van der Waals surface area (Å²) >= 11 is 0. The lowest BCUT2D eigenvalue weighted by Crippen LogP contribution is -2.51. The predicted molar refractivity (Wildman–Crippen MR) is 65.6 cm³/mol. The summed E-state index contributed by atoms with van der Waals surface area (Å²) < 4.78 is 4.84. The molecule has 0 radical (unpaired) electrons. The lowest BCUT2D eigenvalue weighted by molar-refractivity contribution is -0.130. The van der Waals surface area contributed by atoms with E-state index in [4.69, 9.17) is 4.74 Å². The largest absolute Gasteiger partial charge is 0.462 e. The average Bonchev–Trinajstić information content (AvgIpc) is 2.38. The van der Waals surface area contributed by atoms with Crippen molar-refractivity contribution >= 4 is 23.6 Å². The van der Waals surface area contributed by atoms with Crippen LogP contribution in [-0.2, 0) is 14.3 Å². The molecule has 100 valence electrons. The van der Waals surface area contributed by atoms with Crippen LogP contribution in [0.2, 0.25) is 0 Å². The molecule has 2 heterocycles. The Hall–Kier alpha value is -2.44. The molecule has 0 aliphatic carbocycles. The number of aromatic nitrogens is 1. The van der Waals surface area contributed by atoms with Gasteiger partial charge in [-0.2, -0.15) is 0 Å². The maximum absolute atomic E-state index is 11.4. The van der Waals surface area contributed by atoms with Crippen LogP contribution in [0.15, 0.2) is 18.3 Å². The van der Waals surface area contributed by atoms with Crippen LogP contribution in [0, 0.1) is 0 Å². The van der Waals surface area contributed by atoms with Gasteiger partial charge in [-0.15, -0.1) is 0 Å². The van der Waals surface area contributed by atoms with E-state index in [-0.39, 0.29) is 24.9 Å². The third-order valence-electron chi connectivity index (χ3n) is 2.53. The number of esters is 1. The molecule has 0 unspecified atom stereocenters. The first-order valence-electron chi connectivity index (χ1n) is 5.81. The number of ether oxygens (including phenoxy) is 1. The van der Waals surface area contributed by atoms with Crippen LogP contribution in [0.4, 0.5) is 5.82 Å². The Morgan fingerprint density at radius 2 is 2.05 bits per heavy atom. The molecule has 2 amide bonds. The van der Waals surface area contributed by atoms with Crippen LogP contribution in [0.25, 0.3) is 0 Å². The molecule has 1 aliphatic heterocycles. The van der Waals surface area contributed by atoms with E-state index < -0.39 is 5.97 Å². The number of hydrogen-bond acceptors (Lipinski definition) is 6. The number of hydrogen-bond donors (Lipinski definition) is 1. The Bertz CT molecular complexity index is 496. The monoisotopic (exact) mass is 263 g/mol. The Balaban J connectivity index is 2.11. The first-order chi connectivity index (χ1) is 9.10. The maximum Gasteiger partial charge on any atom is 0.339 e. The second-order valence-electron chi connectivity index (χ2n) is 3.95. The SMILES string of the molecule is CCOC(=O)c1ccc(N2CC(=O)NC(=O)C2)nc1. The van der Waals surface area contributed by atoms with E-state index in [1.54, 1.807) is 19.1 Å². The van der Waals surface area contributed by atoms with Crippen molar-refractivity contribution in [1.29, 1.82) is 0 Å². The minimum Gasteiger partial charge on any atom is -0.462 e. The number of nitrogens with one attached hydrogen (secondary N) is 1. The molecule has 2 rings (SSSR count). The van der Waals surface area contributed by atoms with Gasteiger partial charge in [-0.25, -0.2) is 9.78 Å². The van der Waals surface area contributed by atoms with Crippen molar-refractivity contribution in [2.24, 2.45) is 0 Å². The fourth-order valence-electron chi connectivity index (χ4n) is 1.71. The number of piperazine rings is 1. The van der Waals surface area contributed by atoms with E-state index in [2.05, 4.69) is 10.3 Å². The van der Waals surface area contributed by atoms with Crippen molar-refractivity contribution in [3.8, 4) is 0 Å². The zero-order valence-corrected chi connectivity index (χ0v) is 10.4. The van der Waals surface area contributed by atoms with Gasteiger partial charge in [-0.3, -0.25) is 14.9 Å². The molecule has 0 saturated carbocycles. The molecule has 7 heteroatoms. The molecule has 1 saturated heterocycles. The molecule has 1 N–H and O–H groups in total. The molecule has 0 aromatic carbocycles. The van der Waals surface area contributed by atoms with Crippen molar-refractivity contribution in [2.45, 2.75) is 6.92 Å². The summed E-state index contributed by atoms with van der Waals surface area (Å²) in [6, 6.07) is 3.13. The van der Waals surface area contributed by atoms with Crippen LogP contribution in [0.3, 0.4) is 0 Å². The van der Waals surface area contributed by atoms with Gasteiger partial charge in [0.1, 0.15) is 5.82 Å². The number of anilines is 1. The second kappa shape index (κ2) is 5.47. The lowest BCUT2D eigenvalue weighted by atomic mass is 10.2. The molecule has 0 atom stereocenters. The summed E-state index contributed by atoms with van der Waals surface area (Å²) in [5, 5.41) is 2.20. The van der Waals surface area contributed by atoms with Gasteiger partial charge < -0.3 is 9.64 Å². The molecule has 1 fully saturated rings. The van der Waals surface area contributed by atoms with Gasteiger partial charge in [0.25, 0.3) is 0 Å². The van der Waals surface area contributed by atoms with Crippen molar-refractivity contribution in [3.05, 3.63) is 23.9 Å². The first kappa shape index (κ1) is 13.0. The number of pyridine rings is 1. The fourth-order valence-corrected chi connectivity index (χ4v) is 1.71. The van der Waals surface area contributed by atoms with Gasteiger partial charge in [-0.1, -0.05) is 0 Å². The fraction of sp³-hybridized carbons (Fsp3) is 0.333. The van der Waals surface area contributed by atoms with Gasteiger partial charge in [-0.05, 0) is 19.1 Å². The highest BCUT2D eigenvalue weighted by Gasteiger charge is 2.23. The molecule has 0 bridgehead atoms. The van der Waals surface area contributed by atoms with E-state index in [1.807, 2.05) is 0 Å². The number of amides is 2. The number of rotatable bonds is 3. The highest BCUT2D eigenvalue weighted by atomic mass is 16.5. The summed E-state index contributed by atoms with van der Waals surface area (Å²) in [7, 11) is 0. The van der Waals surface area contributed by atoms with Crippen molar-refractivity contribution in [2.75, 3.05) is 24.6 Å². The molecule has 7 nitrogen and oxygen atoms in total. The molecular formula is C12H13N3O4. The summed E-state index contributed by atoms with van der Waals surface area (Å²) in [4.78, 5) is 39.5. The molecule has 19 heavy (non-hydrogen) atoms. The zero-order valence-electron chi connectivity index (χ0n) is 10.4. The Morgan fingerprint density at radius 1 is 1.37 bits per heavy atom. The number of carbonyl (C=O) groups is 3. The van der Waals surface area contributed by atoms with Gasteiger partial charge in [0.2, 0.25) is 11.8 Å². The normalized spacial score (nSPS) is 15.1. The van der Waals surface area contributed by atoms with Crippen LogP contribution >= 0.6 is 0 Å². The average molecular weight is 263 g/mol. The summed E-state index contributed by atoms with van der Waals surface area (Å²) in [5.41, 5.74) is 0.332. The van der Waals surface area contributed by atoms with Gasteiger partial charge in [0.15, 0.2) is 0 Å². The van der Waals surface area contributed by atoms with Crippen molar-refractivity contribution in [3.63, 3.8) is 0 Å². The highest BCUT2D eigenvalue weighted by Crippen LogP contribution is 2.13. The minimum absolute atomic E-state index is 0.0670. The molecule has 1 aromatic rings. The topological polar surface area (TPSA) is 88.6 Å². The molecular weight excluding hydrogens is 250 g/mol. The third-order valence-corrected chi connectivity index (χ3v) is 2.53. The smallest absolute Gasteiger partial charge is 0.339 e. The van der Waals surface area contributed by atoms with Crippen LogP contribution < -0.4 is 10.2 Å². The quantitative estimate of drug-likeness (QED) is 0.596. The summed E-state index contributed by atoms with van der Waals surface area (Å²) in [6.07, 6.45) is 1.37. The van der Waals surface area contributed by atoms with Gasteiger partial charge >= 0.3 is 5.97 Å². The van der Waals surface area contributed by atoms with Crippen LogP contribution in [-0.4, -0.2) is 42.5 Å². The van der Waals surface area contributed by atoms with E-state index in [1.165, 1.54) is 11.1 Å². The maximum atomic E-state index is 11.4. The first-order valence-corrected chi connectivity index (χ1v) is 5.81. The van der Waals surface area contributed by atoms with Gasteiger partial charge in [0, 0.05) is 6.20 Å². The van der Waals surface area contributed by atoms with E-state index in [0.717, 1.165) is 0 Å². The summed E-state index contributed by atoms with van der Waals surface area (Å²) in [6.45, 7) is 2.15. The Kier molecular flexibility index (Phi) is 3.74. The standard InChI is InChI=1S/C12H13N3O4/c1-2-19-12(18)8-3-4-9(13-5-8)15-6-10(16)14-11(17)7-15/h3-5H,2,6-7H2,1H3,(H,14,16,17). The summed E-state index contributed by atoms with van der Waals surface area (Å²) in [5.74, 6) is -0.717. The third kappa shape index (κ3) is 3.06. The molecule has 0 spiro atoms. The molecule has 1 aromatic heterocycles. The van der Waals surface area contributed by atoms with E-state index in [0.29, 0.717) is 18.0 Å². The Labute approximate surface area is 109 Å². The highest BCUT2D eigenvalue weighted by molar-refractivity contribution is 6.02. The van der Waals surface area contributed by atoms with Gasteiger partial charge in [0.05, 0.1) is 25.3 Å². The van der Waals surface area contributed by atoms with Crippen molar-refractivity contribution < 1.29 is 19.1 Å². The van der Waals surface area contributed by atoms with E-state index >= 15 is 0 Å². The second-order valence-corrected chi connectivity index (χ2v) is 3.95. The number of carbonyl (C=O) groups excluding carboxylic acids is 3. The Morgan fingerprint density at radius 3 is 2.58 bits per heavy atom. The zero-order chi connectivity index (χ0) is 13.8. The number of nitrogens with zero attached hydrogens (tertiary/aromatic N) is 2. The number of imide groups is 1. The minimum atomic E-state index is -0.450. The lowest BCUT2D eigenvalue weighted by Gasteiger charge is -2.26. The van der Waals surface area contributed by atoms with Crippen LogP contribution in [0.1, 0.15) is 17.3 Å². The van der Waals surface area contributed by atoms with Crippen molar-refractivity contribution in [1.82, 2.24) is 10.3 Å². The molecule has 1 aliphatic rings.